The number of nitrogens with zero attached hydrogens (tertiary/aromatic N) is 3. The number of fused-ring (bicyclic) bond motifs is 1. The van der Waals surface area contributed by atoms with E-state index in [-0.39, 0.29) is 18.9 Å². The molecule has 0 spiro atoms. The number of amides is 1. The molecule has 2 aromatic carbocycles. The number of aromatic nitrogens is 3. The van der Waals surface area contributed by atoms with E-state index < -0.39 is 17.6 Å². The van der Waals surface area contributed by atoms with Crippen LogP contribution in [0.25, 0.3) is 16.8 Å². The number of carbonyl (C=O) groups is 1. The molecule has 32 heavy (non-hydrogen) atoms. The summed E-state index contributed by atoms with van der Waals surface area (Å²) in [4.78, 5) is 24.1. The minimum Gasteiger partial charge on any atom is -0.408 e. The minimum absolute atomic E-state index is 0.170. The van der Waals surface area contributed by atoms with Crippen molar-refractivity contribution in [3.63, 3.8) is 0 Å². The third-order valence-corrected chi connectivity index (χ3v) is 4.93. The van der Waals surface area contributed by atoms with Gasteiger partial charge in [-0.1, -0.05) is 24.3 Å². The highest BCUT2D eigenvalue weighted by molar-refractivity contribution is 5.76. The molecule has 1 N–H and O–H groups in total. The zero-order valence-electron chi connectivity index (χ0n) is 16.8. The van der Waals surface area contributed by atoms with E-state index in [4.69, 9.17) is 4.42 Å². The predicted molar refractivity (Wildman–Crippen MR) is 110 cm³/mol. The highest BCUT2D eigenvalue weighted by atomic mass is 19.4. The van der Waals surface area contributed by atoms with Gasteiger partial charge in [-0.15, -0.1) is 0 Å². The van der Waals surface area contributed by atoms with Crippen molar-refractivity contribution < 1.29 is 22.4 Å². The van der Waals surface area contributed by atoms with Crippen LogP contribution in [0.15, 0.2) is 70.0 Å². The Morgan fingerprint density at radius 2 is 1.81 bits per heavy atom. The molecule has 0 unspecified atom stereocenters. The molecule has 10 heteroatoms. The summed E-state index contributed by atoms with van der Waals surface area (Å²) in [5.74, 6) is -0.622. The van der Waals surface area contributed by atoms with Crippen molar-refractivity contribution in [2.24, 2.45) is 0 Å². The quantitative estimate of drug-likeness (QED) is 0.469. The molecule has 2 aromatic heterocycles. The Bertz CT molecular complexity index is 1290. The Kier molecular flexibility index (Phi) is 5.85. The second-order valence-electron chi connectivity index (χ2n) is 7.18. The summed E-state index contributed by atoms with van der Waals surface area (Å²) in [6.45, 7) is 0.641. The first-order valence-corrected chi connectivity index (χ1v) is 9.88. The first-order valence-electron chi connectivity index (χ1n) is 9.88. The van der Waals surface area contributed by atoms with Gasteiger partial charge in [0.05, 0.1) is 11.2 Å². The molecule has 0 aliphatic rings. The van der Waals surface area contributed by atoms with E-state index in [0.717, 1.165) is 16.3 Å². The summed E-state index contributed by atoms with van der Waals surface area (Å²) < 4.78 is 45.8. The van der Waals surface area contributed by atoms with Crippen LogP contribution < -0.4 is 11.1 Å². The van der Waals surface area contributed by atoms with E-state index in [1.165, 1.54) is 10.8 Å². The highest BCUT2D eigenvalue weighted by Crippen LogP contribution is 2.27. The Hall–Kier alpha value is -3.82. The van der Waals surface area contributed by atoms with Crippen molar-refractivity contribution in [2.75, 3.05) is 0 Å². The number of nitrogens with one attached hydrogen (secondary N) is 1. The van der Waals surface area contributed by atoms with Crippen molar-refractivity contribution in [1.29, 1.82) is 0 Å². The highest BCUT2D eigenvalue weighted by Gasteiger charge is 2.33. The summed E-state index contributed by atoms with van der Waals surface area (Å²) in [7, 11) is 0. The first kappa shape index (κ1) is 21.4. The Labute approximate surface area is 180 Å². The predicted octanol–water partition coefficient (Wildman–Crippen LogP) is 3.90. The van der Waals surface area contributed by atoms with Crippen molar-refractivity contribution in [1.82, 2.24) is 19.7 Å². The van der Waals surface area contributed by atoms with Gasteiger partial charge >= 0.3 is 11.9 Å². The molecule has 0 bridgehead atoms. The number of hydrogen-bond acceptors (Lipinski definition) is 4. The number of benzene rings is 2. The molecule has 0 saturated heterocycles. The number of aryl methyl sites for hydroxylation is 1. The van der Waals surface area contributed by atoms with Crippen LogP contribution in [0.1, 0.15) is 24.1 Å². The van der Waals surface area contributed by atoms with Gasteiger partial charge in [0.1, 0.15) is 0 Å². The second-order valence-corrected chi connectivity index (χ2v) is 7.18. The van der Waals surface area contributed by atoms with Crippen LogP contribution in [-0.2, 0) is 24.1 Å². The fourth-order valence-electron chi connectivity index (χ4n) is 3.30. The van der Waals surface area contributed by atoms with E-state index in [1.54, 1.807) is 42.5 Å². The molecule has 166 valence electrons. The molecule has 4 aromatic rings. The van der Waals surface area contributed by atoms with Crippen molar-refractivity contribution >= 4 is 17.0 Å². The van der Waals surface area contributed by atoms with Gasteiger partial charge in [-0.2, -0.15) is 18.3 Å². The van der Waals surface area contributed by atoms with Crippen LogP contribution in [0.5, 0.6) is 0 Å². The zero-order valence-corrected chi connectivity index (χ0v) is 16.8. The maximum Gasteiger partial charge on any atom is 0.435 e. The molecule has 0 aliphatic carbocycles. The van der Waals surface area contributed by atoms with Gasteiger partial charge in [0.15, 0.2) is 11.3 Å². The van der Waals surface area contributed by atoms with Crippen LogP contribution in [-0.4, -0.2) is 20.3 Å². The number of carbonyl (C=O) groups excluding carboxylic acids is 1. The SMILES string of the molecule is O=C(CCCn1c(=O)oc2ccccc21)NCc1ccc(-n2ccc(C(F)(F)F)n2)cc1. The Morgan fingerprint density at radius 1 is 1.06 bits per heavy atom. The van der Waals surface area contributed by atoms with Gasteiger partial charge < -0.3 is 9.73 Å². The molecule has 0 fully saturated rings. The van der Waals surface area contributed by atoms with Gasteiger partial charge in [0, 0.05) is 25.7 Å². The number of rotatable bonds is 7. The van der Waals surface area contributed by atoms with Crippen LogP contribution in [0, 0.1) is 0 Å². The molecule has 0 saturated carbocycles. The fourth-order valence-corrected chi connectivity index (χ4v) is 3.30. The number of halogens is 3. The topological polar surface area (TPSA) is 82.1 Å². The summed E-state index contributed by atoms with van der Waals surface area (Å²) in [6.07, 6.45) is -2.55. The van der Waals surface area contributed by atoms with Crippen LogP contribution in [0.4, 0.5) is 13.2 Å². The van der Waals surface area contributed by atoms with E-state index in [2.05, 4.69) is 10.4 Å². The van der Waals surface area contributed by atoms with Crippen LogP contribution in [0.3, 0.4) is 0 Å². The zero-order chi connectivity index (χ0) is 22.7. The fraction of sp³-hybridized carbons (Fsp3) is 0.227. The van der Waals surface area contributed by atoms with Crippen LogP contribution in [0.2, 0.25) is 0 Å². The van der Waals surface area contributed by atoms with E-state index in [0.29, 0.717) is 29.8 Å². The monoisotopic (exact) mass is 444 g/mol. The number of oxazole rings is 1. The normalized spacial score (nSPS) is 11.7. The smallest absolute Gasteiger partial charge is 0.408 e. The van der Waals surface area contributed by atoms with Gasteiger partial charge in [-0.3, -0.25) is 9.36 Å². The molecule has 7 nitrogen and oxygen atoms in total. The second kappa shape index (κ2) is 8.74. The molecule has 0 atom stereocenters. The average molecular weight is 444 g/mol. The number of alkyl halides is 3. The number of para-hydroxylation sites is 2. The molecular weight excluding hydrogens is 425 g/mol. The average Bonchev–Trinajstić information content (AvgIpc) is 3.38. The summed E-state index contributed by atoms with van der Waals surface area (Å²) in [6, 6.07) is 14.7. The number of hydrogen-bond donors (Lipinski definition) is 1. The van der Waals surface area contributed by atoms with E-state index >= 15 is 0 Å². The maximum absolute atomic E-state index is 12.7. The summed E-state index contributed by atoms with van der Waals surface area (Å²) in [5, 5.41) is 6.32. The van der Waals surface area contributed by atoms with E-state index in [9.17, 15) is 22.8 Å². The largest absolute Gasteiger partial charge is 0.435 e. The molecule has 1 amide bonds. The lowest BCUT2D eigenvalue weighted by molar-refractivity contribution is -0.141. The van der Waals surface area contributed by atoms with E-state index in [1.807, 2.05) is 6.07 Å². The minimum atomic E-state index is -4.49. The molecule has 0 aliphatic heterocycles. The van der Waals surface area contributed by atoms with Crippen molar-refractivity contribution in [3.8, 4) is 5.69 Å². The molecular formula is C22H19F3N4O3. The van der Waals surface area contributed by atoms with Gasteiger partial charge in [0.2, 0.25) is 5.91 Å². The van der Waals surface area contributed by atoms with Crippen LogP contribution >= 0.6 is 0 Å². The Balaban J connectivity index is 1.27. The van der Waals surface area contributed by atoms with Crippen molar-refractivity contribution in [3.05, 3.63) is 82.6 Å². The lowest BCUT2D eigenvalue weighted by atomic mass is 10.2. The third kappa shape index (κ3) is 4.74. The lowest BCUT2D eigenvalue weighted by Crippen LogP contribution is -2.23. The van der Waals surface area contributed by atoms with Gasteiger partial charge in [-0.05, 0) is 42.3 Å². The standard InChI is InChI=1S/C22H19F3N4O3/c23-22(24,25)19-11-13-29(27-19)16-9-7-15(8-10-16)14-26-20(30)6-3-12-28-17-4-1-2-5-18(17)32-21(28)31/h1-2,4-5,7-11,13H,3,6,12,14H2,(H,26,30). The third-order valence-electron chi connectivity index (χ3n) is 4.93. The molecule has 4 rings (SSSR count). The first-order chi connectivity index (χ1) is 15.3. The summed E-state index contributed by atoms with van der Waals surface area (Å²) in [5.41, 5.74) is 1.52. The molecule has 2 heterocycles. The van der Waals surface area contributed by atoms with Crippen molar-refractivity contribution in [2.45, 2.75) is 32.1 Å². The van der Waals surface area contributed by atoms with Gasteiger partial charge in [-0.25, -0.2) is 9.48 Å². The maximum atomic E-state index is 12.7. The molecule has 0 radical (unpaired) electrons. The summed E-state index contributed by atoms with van der Waals surface area (Å²) >= 11 is 0. The Morgan fingerprint density at radius 3 is 2.53 bits per heavy atom. The lowest BCUT2D eigenvalue weighted by Gasteiger charge is -2.07. The van der Waals surface area contributed by atoms with Gasteiger partial charge in [0.25, 0.3) is 0 Å².